The summed E-state index contributed by atoms with van der Waals surface area (Å²) in [6.07, 6.45) is 1.91. The van der Waals surface area contributed by atoms with Gasteiger partial charge in [0, 0.05) is 62.5 Å². The average Bonchev–Trinajstić information content (AvgIpc) is 2.95. The first-order valence-electron chi connectivity index (χ1n) is 13.5. The summed E-state index contributed by atoms with van der Waals surface area (Å²) in [5.74, 6) is -2.80. The van der Waals surface area contributed by atoms with Gasteiger partial charge in [-0.3, -0.25) is 14.5 Å². The molecule has 0 unspecified atom stereocenters. The van der Waals surface area contributed by atoms with Gasteiger partial charge in [-0.25, -0.2) is 22.2 Å². The Kier molecular flexibility index (Phi) is 10.1. The van der Waals surface area contributed by atoms with Crippen LogP contribution in [0.1, 0.15) is 27.9 Å². The number of halogens is 2. The van der Waals surface area contributed by atoms with Crippen LogP contribution in [0.3, 0.4) is 0 Å². The fourth-order valence-corrected chi connectivity index (χ4v) is 6.19. The van der Waals surface area contributed by atoms with Crippen molar-refractivity contribution in [2.24, 2.45) is 0 Å². The van der Waals surface area contributed by atoms with Gasteiger partial charge in [0.25, 0.3) is 11.5 Å². The average molecular weight is 609 g/mol. The lowest BCUT2D eigenvalue weighted by Gasteiger charge is -2.34. The topological polar surface area (TPSA) is 171 Å². The van der Waals surface area contributed by atoms with Gasteiger partial charge in [0.2, 0.25) is 0 Å². The number of carbonyl (C=O) groups excluding carboxylic acids is 1. The van der Waals surface area contributed by atoms with Crippen molar-refractivity contribution < 1.29 is 32.3 Å². The van der Waals surface area contributed by atoms with Crippen LogP contribution < -0.4 is 16.6 Å². The minimum absolute atomic E-state index is 0.0160. The molecule has 5 N–H and O–H groups in total. The fraction of sp³-hybridized carbons (Fsp3) is 0.444. The molecule has 0 radical (unpaired) electrons. The number of aromatic nitrogens is 2. The predicted molar refractivity (Wildman–Crippen MR) is 152 cm³/mol. The second kappa shape index (κ2) is 13.5. The monoisotopic (exact) mass is 608 g/mol. The number of benzene rings is 1. The highest BCUT2D eigenvalue weighted by molar-refractivity contribution is 7.91. The first-order valence-corrected chi connectivity index (χ1v) is 15.3. The number of rotatable bonds is 12. The van der Waals surface area contributed by atoms with E-state index in [1.165, 1.54) is 12.3 Å². The maximum Gasteiger partial charge on any atom is 0.299 e. The molecule has 1 amide bonds. The number of nitrogens with two attached hydrogens (primary N) is 1. The highest BCUT2D eigenvalue weighted by Crippen LogP contribution is 2.22. The lowest BCUT2D eigenvalue weighted by Crippen LogP contribution is -2.47. The Morgan fingerprint density at radius 3 is 2.43 bits per heavy atom. The van der Waals surface area contributed by atoms with Gasteiger partial charge in [0.1, 0.15) is 17.2 Å². The van der Waals surface area contributed by atoms with E-state index in [9.17, 15) is 32.0 Å². The lowest BCUT2D eigenvalue weighted by molar-refractivity contribution is 0.0944. The molecular formula is C27H34F2N6O6S. The van der Waals surface area contributed by atoms with E-state index in [4.69, 9.17) is 10.8 Å². The number of β-amino-alcohol motifs (C(OH)–C–C–N with tert-alkyl or cyclic N) is 1. The van der Waals surface area contributed by atoms with Crippen LogP contribution in [-0.2, 0) is 22.8 Å². The molecule has 4 rings (SSSR count). The van der Waals surface area contributed by atoms with Crippen LogP contribution in [-0.4, -0.2) is 102 Å². The first kappa shape index (κ1) is 31.3. The molecule has 1 fully saturated rings. The maximum atomic E-state index is 13.9. The molecule has 42 heavy (non-hydrogen) atoms. The van der Waals surface area contributed by atoms with E-state index in [1.807, 2.05) is 0 Å². The van der Waals surface area contributed by atoms with Gasteiger partial charge in [-0.2, -0.15) is 0 Å². The number of hydrogen-bond acceptors (Lipinski definition) is 10. The van der Waals surface area contributed by atoms with Crippen molar-refractivity contribution in [2.45, 2.75) is 19.4 Å². The molecule has 1 saturated heterocycles. The fourth-order valence-electron chi connectivity index (χ4n) is 4.87. The molecule has 3 aromatic rings. The lowest BCUT2D eigenvalue weighted by atomic mass is 10.1. The van der Waals surface area contributed by atoms with Crippen molar-refractivity contribution in [2.75, 3.05) is 63.1 Å². The largest absolute Gasteiger partial charge is 0.423 e. The zero-order valence-corrected chi connectivity index (χ0v) is 23.7. The minimum atomic E-state index is -3.39. The Hall–Kier alpha value is -3.66. The summed E-state index contributed by atoms with van der Waals surface area (Å²) in [5.41, 5.74) is 4.33. The highest BCUT2D eigenvalue weighted by Gasteiger charge is 2.23. The van der Waals surface area contributed by atoms with E-state index < -0.39 is 38.5 Å². The highest BCUT2D eigenvalue weighted by atomic mass is 32.2. The quantitative estimate of drug-likeness (QED) is 0.211. The predicted octanol–water partition coefficient (Wildman–Crippen LogP) is 0.382. The number of carbonyl (C=O) groups is 1. The maximum absolute atomic E-state index is 13.9. The molecule has 0 bridgehead atoms. The van der Waals surface area contributed by atoms with E-state index in [2.05, 4.69) is 20.1 Å². The van der Waals surface area contributed by atoms with Gasteiger partial charge in [-0.1, -0.05) is 6.07 Å². The smallest absolute Gasteiger partial charge is 0.299 e. The van der Waals surface area contributed by atoms with Gasteiger partial charge in [-0.15, -0.1) is 4.73 Å². The van der Waals surface area contributed by atoms with Crippen LogP contribution in [0.15, 0.2) is 35.3 Å². The molecule has 0 aliphatic carbocycles. The Labute approximate surface area is 241 Å². The summed E-state index contributed by atoms with van der Waals surface area (Å²) in [7, 11) is -3.39. The number of aliphatic hydroxyl groups excluding tert-OH is 1. The number of nitrogens with one attached hydrogen (secondary N) is 1. The molecule has 1 aromatic carbocycles. The summed E-state index contributed by atoms with van der Waals surface area (Å²) >= 11 is 0. The van der Waals surface area contributed by atoms with E-state index in [1.54, 1.807) is 0 Å². The number of nitrogens with zero attached hydrogens (tertiary/aromatic N) is 4. The van der Waals surface area contributed by atoms with E-state index >= 15 is 0 Å². The Morgan fingerprint density at radius 1 is 1.07 bits per heavy atom. The van der Waals surface area contributed by atoms with Crippen LogP contribution in [0.25, 0.3) is 11.0 Å². The normalized spacial score (nSPS) is 14.8. The number of aryl methyl sites for hydroxylation is 1. The number of fused-ring (bicyclic) bond motifs is 1. The van der Waals surface area contributed by atoms with Crippen LogP contribution in [0.2, 0.25) is 0 Å². The molecule has 12 nitrogen and oxygen atoms in total. The number of aliphatic hydroxyl groups is 1. The number of sulfone groups is 1. The third-order valence-corrected chi connectivity index (χ3v) is 9.02. The van der Waals surface area contributed by atoms with Crippen LogP contribution >= 0.6 is 0 Å². The van der Waals surface area contributed by atoms with Crippen molar-refractivity contribution in [1.82, 2.24) is 24.8 Å². The molecule has 0 atom stereocenters. The van der Waals surface area contributed by atoms with Crippen molar-refractivity contribution >= 4 is 32.5 Å². The molecule has 1 aliphatic rings. The van der Waals surface area contributed by atoms with Crippen LogP contribution in [0.4, 0.5) is 14.5 Å². The minimum Gasteiger partial charge on any atom is -0.423 e. The standard InChI is InChI=1S/C27H34F2N6O6S/c28-20-3-2-19(22(29)15-20)17-32-26(37)23-24(30)21-14-18(16-31-25(21)35(39)27(23)38)4-13-42(40,41)12-1-5-33-6-8-34(9-7-33)10-11-36/h2-3,14-16,36,39H,1,4-13,17,30H2,(H,32,37). The van der Waals surface area contributed by atoms with Crippen molar-refractivity contribution in [3.63, 3.8) is 0 Å². The molecule has 2 aromatic heterocycles. The van der Waals surface area contributed by atoms with Crippen LogP contribution in [0.5, 0.6) is 0 Å². The van der Waals surface area contributed by atoms with Gasteiger partial charge >= 0.3 is 0 Å². The summed E-state index contributed by atoms with van der Waals surface area (Å²) < 4.78 is 52.7. The number of hydrogen-bond donors (Lipinski definition) is 4. The zero-order valence-electron chi connectivity index (χ0n) is 22.9. The molecule has 3 heterocycles. The summed E-state index contributed by atoms with van der Waals surface area (Å²) in [6, 6.07) is 4.28. The number of piperazine rings is 1. The van der Waals surface area contributed by atoms with E-state index in [0.29, 0.717) is 31.1 Å². The Bertz CT molecular complexity index is 1610. The summed E-state index contributed by atoms with van der Waals surface area (Å²) in [6.45, 7) is 4.37. The van der Waals surface area contributed by atoms with Crippen molar-refractivity contribution in [1.29, 1.82) is 0 Å². The first-order chi connectivity index (χ1) is 20.0. The molecule has 0 spiro atoms. The summed E-state index contributed by atoms with van der Waals surface area (Å²) in [4.78, 5) is 33.9. The number of anilines is 1. The van der Waals surface area contributed by atoms with E-state index in [0.717, 1.165) is 38.3 Å². The Morgan fingerprint density at radius 2 is 1.76 bits per heavy atom. The van der Waals surface area contributed by atoms with Gasteiger partial charge in [-0.05, 0) is 37.1 Å². The van der Waals surface area contributed by atoms with Crippen molar-refractivity contribution in [3.05, 3.63) is 69.1 Å². The van der Waals surface area contributed by atoms with Crippen molar-refractivity contribution in [3.8, 4) is 0 Å². The Balaban J connectivity index is 1.40. The second-order valence-corrected chi connectivity index (χ2v) is 12.5. The van der Waals surface area contributed by atoms with Gasteiger partial charge in [0.15, 0.2) is 15.5 Å². The molecule has 1 aliphatic heterocycles. The second-order valence-electron chi connectivity index (χ2n) is 10.2. The molecule has 15 heteroatoms. The zero-order chi connectivity index (χ0) is 30.4. The van der Waals surface area contributed by atoms with Crippen LogP contribution in [0, 0.1) is 11.6 Å². The third-order valence-electron chi connectivity index (χ3n) is 7.28. The van der Waals surface area contributed by atoms with E-state index in [-0.39, 0.29) is 58.1 Å². The number of pyridine rings is 2. The van der Waals surface area contributed by atoms with Gasteiger partial charge in [0.05, 0.1) is 23.8 Å². The van der Waals surface area contributed by atoms with Gasteiger partial charge < -0.3 is 26.3 Å². The summed E-state index contributed by atoms with van der Waals surface area (Å²) in [5, 5.41) is 21.8. The molecular weight excluding hydrogens is 574 g/mol. The third kappa shape index (κ3) is 7.59. The molecule has 228 valence electrons. The SMILES string of the molecule is Nc1c(C(=O)NCc2ccc(F)cc2F)c(=O)n(O)c2ncc(CCS(=O)(=O)CCCN3CCN(CCO)CC3)cc12. The number of nitrogen functional groups attached to an aromatic ring is 1. The number of amides is 1. The molecule has 0 saturated carbocycles.